The molecule has 2 rings (SSSR count). The van der Waals surface area contributed by atoms with E-state index in [1.54, 1.807) is 11.3 Å². The number of carbonyl (C=O) groups is 2. The lowest BCUT2D eigenvalue weighted by molar-refractivity contribution is 0.0687. The SMILES string of the molecule is CC(=O)c1sc(NC(C)Cc2ccsc2)nc1C(=O)O. The lowest BCUT2D eigenvalue weighted by atomic mass is 10.1. The molecule has 0 aliphatic carbocycles. The van der Waals surface area contributed by atoms with Gasteiger partial charge in [0.25, 0.3) is 0 Å². The Bertz CT molecular complexity index is 588. The lowest BCUT2D eigenvalue weighted by Crippen LogP contribution is -2.17. The van der Waals surface area contributed by atoms with Crippen molar-refractivity contribution >= 4 is 39.6 Å². The molecule has 0 radical (unpaired) electrons. The van der Waals surface area contributed by atoms with Crippen molar-refractivity contribution in [3.8, 4) is 0 Å². The second-order valence-electron chi connectivity index (χ2n) is 4.44. The van der Waals surface area contributed by atoms with E-state index in [-0.39, 0.29) is 22.4 Å². The van der Waals surface area contributed by atoms with E-state index < -0.39 is 5.97 Å². The molecule has 0 bridgehead atoms. The van der Waals surface area contributed by atoms with Crippen LogP contribution in [0.5, 0.6) is 0 Å². The Morgan fingerprint density at radius 1 is 1.50 bits per heavy atom. The highest BCUT2D eigenvalue weighted by Crippen LogP contribution is 2.24. The highest BCUT2D eigenvalue weighted by atomic mass is 32.1. The third-order valence-corrected chi connectivity index (χ3v) is 4.46. The molecular weight excluding hydrogens is 296 g/mol. The summed E-state index contributed by atoms with van der Waals surface area (Å²) in [6.45, 7) is 3.34. The van der Waals surface area contributed by atoms with E-state index in [1.165, 1.54) is 12.5 Å². The second kappa shape index (κ2) is 6.15. The van der Waals surface area contributed by atoms with Crippen LogP contribution in [0.1, 0.15) is 39.6 Å². The van der Waals surface area contributed by atoms with E-state index in [1.807, 2.05) is 18.4 Å². The number of rotatable bonds is 6. The maximum absolute atomic E-state index is 11.4. The summed E-state index contributed by atoms with van der Waals surface area (Å²) >= 11 is 2.73. The smallest absolute Gasteiger partial charge is 0.356 e. The molecule has 1 atom stereocenters. The standard InChI is InChI=1S/C13H14N2O3S2/c1-7(5-9-3-4-19-6-9)14-13-15-10(12(17)18)11(20-13)8(2)16/h3-4,6-7H,5H2,1-2H3,(H,14,15)(H,17,18). The summed E-state index contributed by atoms with van der Waals surface area (Å²) in [6, 6.07) is 2.16. The maximum atomic E-state index is 11.4. The first-order valence-corrected chi connectivity index (χ1v) is 7.76. The van der Waals surface area contributed by atoms with Crippen molar-refractivity contribution in [2.24, 2.45) is 0 Å². The van der Waals surface area contributed by atoms with E-state index in [0.29, 0.717) is 5.13 Å². The molecule has 0 aliphatic heterocycles. The van der Waals surface area contributed by atoms with E-state index in [9.17, 15) is 9.59 Å². The molecule has 0 saturated carbocycles. The molecule has 5 nitrogen and oxygen atoms in total. The van der Waals surface area contributed by atoms with Crippen LogP contribution in [0.3, 0.4) is 0 Å². The first-order valence-electron chi connectivity index (χ1n) is 6.00. The van der Waals surface area contributed by atoms with Crippen molar-refractivity contribution in [2.75, 3.05) is 5.32 Å². The van der Waals surface area contributed by atoms with Gasteiger partial charge in [0.15, 0.2) is 16.6 Å². The summed E-state index contributed by atoms with van der Waals surface area (Å²) < 4.78 is 0. The number of carboxylic acid groups (broad SMARTS) is 1. The fraction of sp³-hybridized carbons (Fsp3) is 0.308. The molecule has 2 aromatic rings. The van der Waals surface area contributed by atoms with Gasteiger partial charge in [0, 0.05) is 13.0 Å². The molecule has 0 amide bonds. The predicted octanol–water partition coefficient (Wildman–Crippen LogP) is 3.15. The Morgan fingerprint density at radius 3 is 2.75 bits per heavy atom. The van der Waals surface area contributed by atoms with Gasteiger partial charge in [0.05, 0.1) is 0 Å². The zero-order valence-corrected chi connectivity index (χ0v) is 12.7. The Kier molecular flexibility index (Phi) is 4.51. The van der Waals surface area contributed by atoms with Gasteiger partial charge in [0.1, 0.15) is 4.88 Å². The molecule has 2 heterocycles. The molecule has 2 N–H and O–H groups in total. The van der Waals surface area contributed by atoms with Crippen molar-refractivity contribution in [1.82, 2.24) is 4.98 Å². The Hall–Kier alpha value is -1.73. The van der Waals surface area contributed by atoms with Crippen LogP contribution in [0.15, 0.2) is 16.8 Å². The van der Waals surface area contributed by atoms with E-state index in [0.717, 1.165) is 17.8 Å². The third-order valence-electron chi connectivity index (χ3n) is 2.64. The summed E-state index contributed by atoms with van der Waals surface area (Å²) in [7, 11) is 0. The van der Waals surface area contributed by atoms with Crippen LogP contribution in [-0.2, 0) is 6.42 Å². The van der Waals surface area contributed by atoms with Crippen molar-refractivity contribution in [3.63, 3.8) is 0 Å². The lowest BCUT2D eigenvalue weighted by Gasteiger charge is -2.11. The largest absolute Gasteiger partial charge is 0.476 e. The molecule has 20 heavy (non-hydrogen) atoms. The minimum absolute atomic E-state index is 0.109. The van der Waals surface area contributed by atoms with Crippen LogP contribution in [0, 0.1) is 0 Å². The molecule has 106 valence electrons. The number of hydrogen-bond acceptors (Lipinski definition) is 6. The number of aromatic nitrogens is 1. The topological polar surface area (TPSA) is 79.3 Å². The first-order chi connectivity index (χ1) is 9.47. The number of carbonyl (C=O) groups excluding carboxylic acids is 1. The highest BCUT2D eigenvalue weighted by Gasteiger charge is 2.21. The molecule has 1 unspecified atom stereocenters. The number of hydrogen-bond donors (Lipinski definition) is 2. The summed E-state index contributed by atoms with van der Waals surface area (Å²) in [5, 5.41) is 16.7. The monoisotopic (exact) mass is 310 g/mol. The number of thiophene rings is 1. The van der Waals surface area contributed by atoms with E-state index in [4.69, 9.17) is 5.11 Å². The first kappa shape index (κ1) is 14.7. The van der Waals surface area contributed by atoms with Crippen molar-refractivity contribution in [2.45, 2.75) is 26.3 Å². The van der Waals surface area contributed by atoms with Crippen LogP contribution in [-0.4, -0.2) is 27.9 Å². The molecule has 2 aromatic heterocycles. The molecule has 0 saturated heterocycles. The van der Waals surface area contributed by atoms with Crippen molar-refractivity contribution in [1.29, 1.82) is 0 Å². The Morgan fingerprint density at radius 2 is 2.25 bits per heavy atom. The molecule has 0 spiro atoms. The molecule has 0 fully saturated rings. The molecular formula is C13H14N2O3S2. The Balaban J connectivity index is 2.11. The fourth-order valence-electron chi connectivity index (χ4n) is 1.79. The fourth-order valence-corrected chi connectivity index (χ4v) is 3.43. The summed E-state index contributed by atoms with van der Waals surface area (Å²) in [5.74, 6) is -1.46. The summed E-state index contributed by atoms with van der Waals surface area (Å²) in [6.07, 6.45) is 0.820. The zero-order chi connectivity index (χ0) is 14.7. The van der Waals surface area contributed by atoms with E-state index in [2.05, 4.69) is 15.7 Å². The van der Waals surface area contributed by atoms with Crippen LogP contribution < -0.4 is 5.32 Å². The van der Waals surface area contributed by atoms with Gasteiger partial charge in [-0.3, -0.25) is 4.79 Å². The maximum Gasteiger partial charge on any atom is 0.356 e. The average Bonchev–Trinajstić information content (AvgIpc) is 2.97. The van der Waals surface area contributed by atoms with Gasteiger partial charge >= 0.3 is 5.97 Å². The highest BCUT2D eigenvalue weighted by molar-refractivity contribution is 7.17. The van der Waals surface area contributed by atoms with Crippen LogP contribution >= 0.6 is 22.7 Å². The second-order valence-corrected chi connectivity index (χ2v) is 6.22. The number of nitrogens with zero attached hydrogens (tertiary/aromatic N) is 1. The van der Waals surface area contributed by atoms with Gasteiger partial charge < -0.3 is 10.4 Å². The number of aromatic carboxylic acids is 1. The predicted molar refractivity (Wildman–Crippen MR) is 80.2 cm³/mol. The van der Waals surface area contributed by atoms with Gasteiger partial charge in [-0.2, -0.15) is 11.3 Å². The number of carboxylic acids is 1. The van der Waals surface area contributed by atoms with Crippen LogP contribution in [0.2, 0.25) is 0 Å². The molecule has 0 aliphatic rings. The summed E-state index contributed by atoms with van der Waals surface area (Å²) in [4.78, 5) is 26.6. The number of anilines is 1. The van der Waals surface area contributed by atoms with Crippen LogP contribution in [0.25, 0.3) is 0 Å². The molecule has 7 heteroatoms. The minimum atomic E-state index is -1.18. The van der Waals surface area contributed by atoms with Crippen molar-refractivity contribution in [3.05, 3.63) is 33.0 Å². The number of nitrogens with one attached hydrogen (secondary N) is 1. The van der Waals surface area contributed by atoms with Gasteiger partial charge in [-0.25, -0.2) is 9.78 Å². The van der Waals surface area contributed by atoms with Gasteiger partial charge in [-0.1, -0.05) is 11.3 Å². The van der Waals surface area contributed by atoms with Gasteiger partial charge in [-0.15, -0.1) is 0 Å². The number of thiazole rings is 1. The van der Waals surface area contributed by atoms with Gasteiger partial charge in [-0.05, 0) is 35.7 Å². The number of ketones is 1. The normalized spacial score (nSPS) is 12.1. The van der Waals surface area contributed by atoms with Crippen LogP contribution in [0.4, 0.5) is 5.13 Å². The van der Waals surface area contributed by atoms with Gasteiger partial charge in [0.2, 0.25) is 0 Å². The average molecular weight is 310 g/mol. The summed E-state index contributed by atoms with van der Waals surface area (Å²) in [5.41, 5.74) is 1.05. The minimum Gasteiger partial charge on any atom is -0.476 e. The quantitative estimate of drug-likeness (QED) is 0.801. The third kappa shape index (κ3) is 3.43. The van der Waals surface area contributed by atoms with Crippen molar-refractivity contribution < 1.29 is 14.7 Å². The zero-order valence-electron chi connectivity index (χ0n) is 11.0. The van der Waals surface area contributed by atoms with E-state index >= 15 is 0 Å². The number of Topliss-reactive ketones (excluding diaryl/α,β-unsaturated/α-hetero) is 1. The molecule has 0 aromatic carbocycles. The Labute approximate surface area is 124 Å².